The largest absolute Gasteiger partial charge is 0.384 e. The molecule has 0 unspecified atom stereocenters. The van der Waals surface area contributed by atoms with E-state index in [4.69, 9.17) is 5.73 Å². The van der Waals surface area contributed by atoms with Crippen LogP contribution in [0.25, 0.3) is 0 Å². The summed E-state index contributed by atoms with van der Waals surface area (Å²) in [5.41, 5.74) is 7.78. The predicted molar refractivity (Wildman–Crippen MR) is 70.8 cm³/mol. The van der Waals surface area contributed by atoms with Gasteiger partial charge in [0.2, 0.25) is 0 Å². The van der Waals surface area contributed by atoms with Gasteiger partial charge in [0.1, 0.15) is 11.6 Å². The third-order valence-electron chi connectivity index (χ3n) is 2.09. The molecule has 0 radical (unpaired) electrons. The van der Waals surface area contributed by atoms with E-state index in [1.165, 1.54) is 5.56 Å². The van der Waals surface area contributed by atoms with Crippen LogP contribution in [-0.4, -0.2) is 4.98 Å². The van der Waals surface area contributed by atoms with Gasteiger partial charge in [-0.3, -0.25) is 0 Å². The summed E-state index contributed by atoms with van der Waals surface area (Å²) >= 11 is 3.46. The zero-order chi connectivity index (χ0) is 11.5. The molecule has 1 aromatic heterocycles. The van der Waals surface area contributed by atoms with Crippen molar-refractivity contribution in [1.29, 1.82) is 0 Å². The van der Waals surface area contributed by atoms with E-state index in [2.05, 4.69) is 38.4 Å². The van der Waals surface area contributed by atoms with Gasteiger partial charge in [-0.05, 0) is 42.8 Å². The molecule has 0 saturated carbocycles. The van der Waals surface area contributed by atoms with Gasteiger partial charge in [0.15, 0.2) is 0 Å². The molecule has 1 heterocycles. The Morgan fingerprint density at radius 1 is 1.25 bits per heavy atom. The van der Waals surface area contributed by atoms with E-state index in [0.717, 1.165) is 16.0 Å². The summed E-state index contributed by atoms with van der Waals surface area (Å²) in [5.74, 6) is 1.26. The molecule has 0 bridgehead atoms. The number of nitrogens with one attached hydrogen (secondary N) is 1. The molecule has 4 heteroatoms. The summed E-state index contributed by atoms with van der Waals surface area (Å²) in [6.45, 7) is 2.04. The van der Waals surface area contributed by atoms with E-state index in [1.807, 2.05) is 25.1 Å². The molecule has 0 saturated heterocycles. The van der Waals surface area contributed by atoms with E-state index in [0.29, 0.717) is 5.82 Å². The number of benzene rings is 1. The average molecular weight is 278 g/mol. The maximum absolute atomic E-state index is 5.61. The lowest BCUT2D eigenvalue weighted by atomic mass is 10.2. The molecule has 2 rings (SSSR count). The van der Waals surface area contributed by atoms with Crippen molar-refractivity contribution in [2.75, 3.05) is 11.1 Å². The van der Waals surface area contributed by atoms with Crippen molar-refractivity contribution in [2.45, 2.75) is 6.92 Å². The van der Waals surface area contributed by atoms with Gasteiger partial charge < -0.3 is 11.1 Å². The van der Waals surface area contributed by atoms with Gasteiger partial charge in [-0.15, -0.1) is 0 Å². The fraction of sp³-hybridized carbons (Fsp3) is 0.0833. The van der Waals surface area contributed by atoms with Crippen LogP contribution in [0.3, 0.4) is 0 Å². The molecule has 1 aromatic carbocycles. The third-order valence-corrected chi connectivity index (χ3v) is 2.54. The van der Waals surface area contributed by atoms with Crippen LogP contribution in [0.2, 0.25) is 0 Å². The molecule has 0 aliphatic carbocycles. The summed E-state index contributed by atoms with van der Waals surface area (Å²) in [5, 5.41) is 3.21. The van der Waals surface area contributed by atoms with Crippen molar-refractivity contribution in [1.82, 2.24) is 4.98 Å². The molecule has 0 spiro atoms. The highest BCUT2D eigenvalue weighted by Gasteiger charge is 1.98. The number of pyridine rings is 1. The van der Waals surface area contributed by atoms with Crippen LogP contribution in [0.4, 0.5) is 17.3 Å². The lowest BCUT2D eigenvalue weighted by Gasteiger charge is -2.07. The van der Waals surface area contributed by atoms with Gasteiger partial charge in [0.25, 0.3) is 0 Å². The van der Waals surface area contributed by atoms with Crippen molar-refractivity contribution in [3.05, 3.63) is 46.4 Å². The Balaban J connectivity index is 2.27. The number of hydrogen-bond donors (Lipinski definition) is 2. The molecule has 3 nitrogen and oxygen atoms in total. The number of nitrogens with two attached hydrogens (primary N) is 1. The number of nitrogen functional groups attached to an aromatic ring is 1. The van der Waals surface area contributed by atoms with Crippen molar-refractivity contribution < 1.29 is 0 Å². The molecule has 3 N–H and O–H groups in total. The lowest BCUT2D eigenvalue weighted by Crippen LogP contribution is -1.96. The first-order valence-electron chi connectivity index (χ1n) is 4.90. The zero-order valence-corrected chi connectivity index (χ0v) is 10.5. The van der Waals surface area contributed by atoms with Crippen molar-refractivity contribution >= 4 is 33.3 Å². The quantitative estimate of drug-likeness (QED) is 0.884. The molecule has 0 atom stereocenters. The minimum Gasteiger partial charge on any atom is -0.384 e. The van der Waals surface area contributed by atoms with Crippen molar-refractivity contribution in [3.8, 4) is 0 Å². The molecular formula is C12H12BrN3. The first-order valence-corrected chi connectivity index (χ1v) is 5.69. The van der Waals surface area contributed by atoms with Gasteiger partial charge in [0.05, 0.1) is 0 Å². The minimum atomic E-state index is 0.511. The fourth-order valence-corrected chi connectivity index (χ4v) is 2.09. The van der Waals surface area contributed by atoms with Gasteiger partial charge in [-0.25, -0.2) is 4.98 Å². The van der Waals surface area contributed by atoms with Crippen LogP contribution < -0.4 is 11.1 Å². The Morgan fingerprint density at radius 3 is 2.75 bits per heavy atom. The van der Waals surface area contributed by atoms with Crippen molar-refractivity contribution in [3.63, 3.8) is 0 Å². The van der Waals surface area contributed by atoms with E-state index in [1.54, 1.807) is 6.07 Å². The van der Waals surface area contributed by atoms with Crippen molar-refractivity contribution in [2.24, 2.45) is 0 Å². The summed E-state index contributed by atoms with van der Waals surface area (Å²) in [6.07, 6.45) is 0. The minimum absolute atomic E-state index is 0.511. The Bertz CT molecular complexity index is 491. The van der Waals surface area contributed by atoms with Crippen LogP contribution in [0, 0.1) is 6.92 Å². The second-order valence-corrected chi connectivity index (χ2v) is 4.51. The number of aryl methyl sites for hydroxylation is 1. The molecule has 2 aromatic rings. The van der Waals surface area contributed by atoms with E-state index in [-0.39, 0.29) is 0 Å². The second-order valence-electron chi connectivity index (χ2n) is 3.59. The zero-order valence-electron chi connectivity index (χ0n) is 8.87. The highest BCUT2D eigenvalue weighted by molar-refractivity contribution is 9.10. The highest BCUT2D eigenvalue weighted by atomic mass is 79.9. The second kappa shape index (κ2) is 4.53. The molecule has 0 amide bonds. The number of halogens is 1. The SMILES string of the molecule is Cc1cc(Br)cc(Nc2cccc(N)n2)c1. The van der Waals surface area contributed by atoms with E-state index < -0.39 is 0 Å². The first kappa shape index (κ1) is 11.0. The monoisotopic (exact) mass is 277 g/mol. The van der Waals surface area contributed by atoms with Crippen LogP contribution in [0.5, 0.6) is 0 Å². The van der Waals surface area contributed by atoms with Crippen LogP contribution in [0.1, 0.15) is 5.56 Å². The van der Waals surface area contributed by atoms with Gasteiger partial charge >= 0.3 is 0 Å². The number of hydrogen-bond acceptors (Lipinski definition) is 3. The van der Waals surface area contributed by atoms with Crippen LogP contribution in [-0.2, 0) is 0 Å². The average Bonchev–Trinajstić information content (AvgIpc) is 2.15. The van der Waals surface area contributed by atoms with Gasteiger partial charge in [0, 0.05) is 10.2 Å². The molecule has 0 fully saturated rings. The number of anilines is 3. The summed E-state index contributed by atoms with van der Waals surface area (Å²) in [4.78, 5) is 4.18. The topological polar surface area (TPSA) is 50.9 Å². The van der Waals surface area contributed by atoms with E-state index >= 15 is 0 Å². The maximum Gasteiger partial charge on any atom is 0.132 e. The maximum atomic E-state index is 5.61. The predicted octanol–water partition coefficient (Wildman–Crippen LogP) is 3.48. The Morgan fingerprint density at radius 2 is 2.06 bits per heavy atom. The number of nitrogens with zero attached hydrogens (tertiary/aromatic N) is 1. The summed E-state index contributed by atoms with van der Waals surface area (Å²) < 4.78 is 1.04. The molecular weight excluding hydrogens is 266 g/mol. The Kier molecular flexibility index (Phi) is 3.10. The molecule has 82 valence electrons. The van der Waals surface area contributed by atoms with E-state index in [9.17, 15) is 0 Å². The smallest absolute Gasteiger partial charge is 0.132 e. The third kappa shape index (κ3) is 2.73. The normalized spacial score (nSPS) is 10.1. The van der Waals surface area contributed by atoms with Crippen LogP contribution in [0.15, 0.2) is 40.9 Å². The Labute approximate surface area is 103 Å². The number of rotatable bonds is 2. The Hall–Kier alpha value is -1.55. The lowest BCUT2D eigenvalue weighted by molar-refractivity contribution is 1.31. The van der Waals surface area contributed by atoms with Gasteiger partial charge in [-0.1, -0.05) is 22.0 Å². The molecule has 16 heavy (non-hydrogen) atoms. The standard InChI is InChI=1S/C12H12BrN3/c1-8-5-9(13)7-10(6-8)15-12-4-2-3-11(14)16-12/h2-7H,1H3,(H3,14,15,16). The number of aromatic nitrogens is 1. The highest BCUT2D eigenvalue weighted by Crippen LogP contribution is 2.22. The summed E-state index contributed by atoms with van der Waals surface area (Å²) in [7, 11) is 0. The van der Waals surface area contributed by atoms with Crippen LogP contribution >= 0.6 is 15.9 Å². The molecule has 0 aliphatic rings. The first-order chi connectivity index (χ1) is 7.63. The summed E-state index contributed by atoms with van der Waals surface area (Å²) in [6, 6.07) is 11.6. The fourth-order valence-electron chi connectivity index (χ4n) is 1.48. The molecule has 0 aliphatic heterocycles. The van der Waals surface area contributed by atoms with Gasteiger partial charge in [-0.2, -0.15) is 0 Å².